The molecule has 4 heterocycles. The van der Waals surface area contributed by atoms with Gasteiger partial charge in [0, 0.05) is 55.9 Å². The highest BCUT2D eigenvalue weighted by molar-refractivity contribution is 7.90. The van der Waals surface area contributed by atoms with E-state index < -0.39 is 9.84 Å². The van der Waals surface area contributed by atoms with Gasteiger partial charge < -0.3 is 20.1 Å². The number of carbonyl (C=O) groups excluding carboxylic acids is 1. The van der Waals surface area contributed by atoms with E-state index >= 15 is 0 Å². The standard InChI is InChI=1S/C23H28N6O5S/c1-14(2)34-17-9-22(27-23(10-17)35(4,31)32)26-20-11-21(25-15(3)30)24-12-18(20)19-5-7-29(28-19)16-6-8-33-13-16/h5,7,9-12,14,16H,6,8,13H2,1-4H3,(H2,24,25,26,27,30)/t16-/m1/s1. The largest absolute Gasteiger partial charge is 0.491 e. The maximum Gasteiger partial charge on any atom is 0.222 e. The Morgan fingerprint density at radius 3 is 2.71 bits per heavy atom. The van der Waals surface area contributed by atoms with E-state index in [1.54, 1.807) is 18.3 Å². The van der Waals surface area contributed by atoms with Crippen LogP contribution in [0.4, 0.5) is 17.3 Å². The number of rotatable bonds is 8. The molecule has 186 valence electrons. The van der Waals surface area contributed by atoms with Gasteiger partial charge in [-0.25, -0.2) is 18.4 Å². The summed E-state index contributed by atoms with van der Waals surface area (Å²) in [6, 6.07) is 6.68. The average molecular weight is 501 g/mol. The maximum absolute atomic E-state index is 12.2. The molecule has 35 heavy (non-hydrogen) atoms. The fourth-order valence-electron chi connectivity index (χ4n) is 3.64. The third kappa shape index (κ3) is 6.14. The fourth-order valence-corrected chi connectivity index (χ4v) is 4.24. The molecule has 1 amide bonds. The summed E-state index contributed by atoms with van der Waals surface area (Å²) in [5.41, 5.74) is 1.83. The van der Waals surface area contributed by atoms with Crippen molar-refractivity contribution in [2.45, 2.75) is 44.4 Å². The van der Waals surface area contributed by atoms with Gasteiger partial charge >= 0.3 is 0 Å². The molecule has 11 nitrogen and oxygen atoms in total. The van der Waals surface area contributed by atoms with Crippen molar-refractivity contribution in [3.8, 4) is 17.0 Å². The van der Waals surface area contributed by atoms with Gasteiger partial charge in [-0.05, 0) is 26.3 Å². The van der Waals surface area contributed by atoms with Gasteiger partial charge in [0.25, 0.3) is 0 Å². The Hall–Kier alpha value is -3.51. The van der Waals surface area contributed by atoms with Crippen LogP contribution in [0.2, 0.25) is 0 Å². The molecule has 0 radical (unpaired) electrons. The molecule has 1 saturated heterocycles. The van der Waals surface area contributed by atoms with Gasteiger partial charge in [-0.2, -0.15) is 5.10 Å². The van der Waals surface area contributed by atoms with Gasteiger partial charge in [0.15, 0.2) is 14.9 Å². The van der Waals surface area contributed by atoms with Crippen LogP contribution in [0.25, 0.3) is 11.3 Å². The molecule has 1 atom stereocenters. The Morgan fingerprint density at radius 1 is 1.26 bits per heavy atom. The number of sulfone groups is 1. The van der Waals surface area contributed by atoms with Crippen LogP contribution in [0.5, 0.6) is 5.75 Å². The number of amides is 1. The molecule has 0 unspecified atom stereocenters. The van der Waals surface area contributed by atoms with Gasteiger partial charge in [0.2, 0.25) is 5.91 Å². The number of aromatic nitrogens is 4. The van der Waals surface area contributed by atoms with Crippen molar-refractivity contribution in [2.24, 2.45) is 0 Å². The third-order valence-electron chi connectivity index (χ3n) is 5.16. The smallest absolute Gasteiger partial charge is 0.222 e. The van der Waals surface area contributed by atoms with Crippen LogP contribution >= 0.6 is 0 Å². The molecule has 0 spiro atoms. The highest BCUT2D eigenvalue weighted by Gasteiger charge is 2.20. The molecule has 0 aliphatic carbocycles. The lowest BCUT2D eigenvalue weighted by Gasteiger charge is -2.15. The summed E-state index contributed by atoms with van der Waals surface area (Å²) in [6.07, 6.45) is 5.29. The quantitative estimate of drug-likeness (QED) is 0.477. The molecule has 1 fully saturated rings. The molecule has 3 aromatic heterocycles. The lowest BCUT2D eigenvalue weighted by Crippen LogP contribution is -2.11. The Bertz CT molecular complexity index is 1330. The van der Waals surface area contributed by atoms with Crippen LogP contribution in [0, 0.1) is 0 Å². The first-order valence-corrected chi connectivity index (χ1v) is 13.0. The average Bonchev–Trinajstić information content (AvgIpc) is 3.44. The van der Waals surface area contributed by atoms with E-state index in [0.717, 1.165) is 12.7 Å². The molecule has 3 aromatic rings. The van der Waals surface area contributed by atoms with Gasteiger partial charge in [0.1, 0.15) is 17.4 Å². The van der Waals surface area contributed by atoms with Crippen molar-refractivity contribution in [1.29, 1.82) is 0 Å². The molecule has 12 heteroatoms. The minimum absolute atomic E-state index is 0.124. The number of anilines is 3. The third-order valence-corrected chi connectivity index (χ3v) is 6.13. The van der Waals surface area contributed by atoms with Crippen LogP contribution in [-0.2, 0) is 19.4 Å². The Balaban J connectivity index is 1.75. The van der Waals surface area contributed by atoms with Crippen molar-refractivity contribution in [3.05, 3.63) is 36.7 Å². The number of pyridine rings is 2. The normalized spacial score (nSPS) is 15.9. The van der Waals surface area contributed by atoms with E-state index in [1.165, 1.54) is 13.0 Å². The second kappa shape index (κ2) is 10.0. The van der Waals surface area contributed by atoms with Crippen molar-refractivity contribution < 1.29 is 22.7 Å². The zero-order valence-corrected chi connectivity index (χ0v) is 20.8. The molecule has 4 rings (SSSR count). The Labute approximate surface area is 203 Å². The van der Waals surface area contributed by atoms with Gasteiger partial charge in [0.05, 0.1) is 30.1 Å². The van der Waals surface area contributed by atoms with Crippen LogP contribution in [-0.4, -0.2) is 59.6 Å². The Kier molecular flexibility index (Phi) is 7.03. The number of hydrogen-bond acceptors (Lipinski definition) is 9. The van der Waals surface area contributed by atoms with Crippen LogP contribution in [0.15, 0.2) is 41.7 Å². The van der Waals surface area contributed by atoms with E-state index in [1.807, 2.05) is 30.8 Å². The molecule has 1 aliphatic rings. The topological polar surface area (TPSA) is 137 Å². The number of carbonyl (C=O) groups is 1. The van der Waals surface area contributed by atoms with Crippen LogP contribution in [0.1, 0.15) is 33.2 Å². The van der Waals surface area contributed by atoms with Crippen molar-refractivity contribution >= 4 is 33.1 Å². The minimum atomic E-state index is -3.60. The van der Waals surface area contributed by atoms with E-state index in [2.05, 4.69) is 20.6 Å². The van der Waals surface area contributed by atoms with E-state index in [4.69, 9.17) is 14.6 Å². The molecule has 1 aliphatic heterocycles. The number of hydrogen-bond donors (Lipinski definition) is 2. The number of ether oxygens (including phenoxy) is 2. The second-order valence-corrected chi connectivity index (χ2v) is 10.5. The summed E-state index contributed by atoms with van der Waals surface area (Å²) < 4.78 is 37.6. The van der Waals surface area contributed by atoms with Crippen LogP contribution < -0.4 is 15.4 Å². The van der Waals surface area contributed by atoms with Crippen molar-refractivity contribution in [1.82, 2.24) is 19.7 Å². The predicted molar refractivity (Wildman–Crippen MR) is 131 cm³/mol. The van der Waals surface area contributed by atoms with Gasteiger partial charge in [-0.3, -0.25) is 9.48 Å². The first-order chi connectivity index (χ1) is 16.6. The summed E-state index contributed by atoms with van der Waals surface area (Å²) in [5.74, 6) is 0.673. The van der Waals surface area contributed by atoms with Crippen LogP contribution in [0.3, 0.4) is 0 Å². The number of nitrogens with one attached hydrogen (secondary N) is 2. The monoisotopic (exact) mass is 500 g/mol. The first-order valence-electron chi connectivity index (χ1n) is 11.1. The molecule has 0 aromatic carbocycles. The maximum atomic E-state index is 12.2. The highest BCUT2D eigenvalue weighted by Crippen LogP contribution is 2.33. The van der Waals surface area contributed by atoms with Crippen molar-refractivity contribution in [2.75, 3.05) is 30.1 Å². The second-order valence-electron chi connectivity index (χ2n) is 8.58. The molecule has 0 saturated carbocycles. The summed E-state index contributed by atoms with van der Waals surface area (Å²) in [7, 11) is -3.60. The SMILES string of the molecule is CC(=O)Nc1cc(Nc2cc(OC(C)C)cc(S(C)(=O)=O)n2)c(-c2ccn([C@@H]3CCOC3)n2)cn1. The molecule has 0 bridgehead atoms. The summed E-state index contributed by atoms with van der Waals surface area (Å²) in [6.45, 7) is 6.39. The van der Waals surface area contributed by atoms with E-state index in [9.17, 15) is 13.2 Å². The minimum Gasteiger partial charge on any atom is -0.491 e. The van der Waals surface area contributed by atoms with E-state index in [-0.39, 0.29) is 28.9 Å². The first kappa shape index (κ1) is 24.6. The number of nitrogens with zero attached hydrogens (tertiary/aromatic N) is 4. The Morgan fingerprint density at radius 2 is 2.06 bits per heavy atom. The zero-order valence-electron chi connectivity index (χ0n) is 20.0. The molecular weight excluding hydrogens is 472 g/mol. The van der Waals surface area contributed by atoms with Crippen molar-refractivity contribution in [3.63, 3.8) is 0 Å². The van der Waals surface area contributed by atoms with Gasteiger partial charge in [-0.15, -0.1) is 0 Å². The summed E-state index contributed by atoms with van der Waals surface area (Å²) >= 11 is 0. The predicted octanol–water partition coefficient (Wildman–Crippen LogP) is 3.19. The summed E-state index contributed by atoms with van der Waals surface area (Å²) in [5, 5.41) is 10.4. The zero-order chi connectivity index (χ0) is 25.2. The lowest BCUT2D eigenvalue weighted by atomic mass is 10.1. The molecule has 2 N–H and O–H groups in total. The lowest BCUT2D eigenvalue weighted by molar-refractivity contribution is -0.114. The summed E-state index contributed by atoms with van der Waals surface area (Å²) in [4.78, 5) is 20.2. The van der Waals surface area contributed by atoms with Gasteiger partial charge in [-0.1, -0.05) is 0 Å². The highest BCUT2D eigenvalue weighted by atomic mass is 32.2. The molecular formula is C23H28N6O5S. The fraction of sp³-hybridized carbons (Fsp3) is 0.391. The van der Waals surface area contributed by atoms with E-state index in [0.29, 0.717) is 41.7 Å².